The second-order valence-corrected chi connectivity index (χ2v) is 8.56. The summed E-state index contributed by atoms with van der Waals surface area (Å²) in [6.45, 7) is 0.0639. The third-order valence-corrected chi connectivity index (χ3v) is 6.10. The third kappa shape index (κ3) is 4.37. The number of amides is 2. The standard InChI is InChI=1S/C18H12Cl2INO4S/c1-26-14-5-9(4-13(21)16(14)23)6-15-17(24)22(18(25)27-15)8-10-2-3-11(19)7-12(10)20/h2-7,23H,8H2,1H3/b15-6-. The quantitative estimate of drug-likeness (QED) is 0.411. The zero-order chi connectivity index (χ0) is 19.7. The number of nitrogens with zero attached hydrogens (tertiary/aromatic N) is 1. The van der Waals surface area contributed by atoms with Gasteiger partial charge in [0.1, 0.15) is 0 Å². The molecular weight excluding hydrogens is 524 g/mol. The van der Waals surface area contributed by atoms with Gasteiger partial charge >= 0.3 is 0 Å². The van der Waals surface area contributed by atoms with Gasteiger partial charge in [-0.25, -0.2) is 0 Å². The lowest BCUT2D eigenvalue weighted by Gasteiger charge is -2.13. The minimum atomic E-state index is -0.405. The van der Waals surface area contributed by atoms with Crippen LogP contribution < -0.4 is 4.74 Å². The fourth-order valence-electron chi connectivity index (χ4n) is 2.44. The minimum absolute atomic E-state index is 0.0285. The fraction of sp³-hybridized carbons (Fsp3) is 0.111. The molecule has 140 valence electrons. The number of halogens is 3. The molecule has 0 aliphatic carbocycles. The summed E-state index contributed by atoms with van der Waals surface area (Å²) in [4.78, 5) is 26.4. The van der Waals surface area contributed by atoms with E-state index in [1.165, 1.54) is 7.11 Å². The number of ether oxygens (including phenoxy) is 1. The van der Waals surface area contributed by atoms with E-state index in [-0.39, 0.29) is 22.4 Å². The van der Waals surface area contributed by atoms with E-state index in [4.69, 9.17) is 27.9 Å². The van der Waals surface area contributed by atoms with Crippen molar-refractivity contribution in [2.24, 2.45) is 0 Å². The molecule has 0 saturated carbocycles. The highest BCUT2D eigenvalue weighted by atomic mass is 127. The molecule has 9 heteroatoms. The Kier molecular flexibility index (Phi) is 6.25. The van der Waals surface area contributed by atoms with Crippen LogP contribution in [0, 0.1) is 3.57 Å². The summed E-state index contributed by atoms with van der Waals surface area (Å²) in [7, 11) is 1.44. The molecule has 1 N–H and O–H groups in total. The van der Waals surface area contributed by atoms with Crippen molar-refractivity contribution in [1.82, 2.24) is 4.90 Å². The molecule has 1 aliphatic rings. The van der Waals surface area contributed by atoms with E-state index in [9.17, 15) is 14.7 Å². The molecule has 0 spiro atoms. The maximum Gasteiger partial charge on any atom is 0.293 e. The van der Waals surface area contributed by atoms with E-state index in [2.05, 4.69) is 0 Å². The molecule has 1 aliphatic heterocycles. The van der Waals surface area contributed by atoms with Gasteiger partial charge in [-0.05, 0) is 75.8 Å². The SMILES string of the molecule is COc1cc(/C=C2\SC(=O)N(Cc3ccc(Cl)cc3Cl)C2=O)cc(I)c1O. The zero-order valence-electron chi connectivity index (χ0n) is 13.8. The summed E-state index contributed by atoms with van der Waals surface area (Å²) in [6.07, 6.45) is 1.60. The Morgan fingerprint density at radius 2 is 2.00 bits per heavy atom. The molecule has 2 aromatic carbocycles. The largest absolute Gasteiger partial charge is 0.504 e. The Labute approximate surface area is 183 Å². The van der Waals surface area contributed by atoms with Crippen molar-refractivity contribution in [3.63, 3.8) is 0 Å². The van der Waals surface area contributed by atoms with Crippen molar-refractivity contribution in [3.05, 3.63) is 60.0 Å². The third-order valence-electron chi connectivity index (χ3n) is 3.79. The zero-order valence-corrected chi connectivity index (χ0v) is 18.3. The van der Waals surface area contributed by atoms with Gasteiger partial charge in [0.25, 0.3) is 11.1 Å². The van der Waals surface area contributed by atoms with Gasteiger partial charge in [-0.1, -0.05) is 29.3 Å². The highest BCUT2D eigenvalue weighted by Crippen LogP contribution is 2.37. The van der Waals surface area contributed by atoms with Gasteiger partial charge in [-0.15, -0.1) is 0 Å². The Morgan fingerprint density at radius 3 is 2.67 bits per heavy atom. The second-order valence-electron chi connectivity index (χ2n) is 5.56. The monoisotopic (exact) mass is 535 g/mol. The van der Waals surface area contributed by atoms with Crippen molar-refractivity contribution in [2.75, 3.05) is 7.11 Å². The number of phenols is 1. The van der Waals surface area contributed by atoms with Crippen LogP contribution in [0.3, 0.4) is 0 Å². The number of aromatic hydroxyl groups is 1. The highest BCUT2D eigenvalue weighted by molar-refractivity contribution is 14.1. The summed E-state index contributed by atoms with van der Waals surface area (Å²) in [5.41, 5.74) is 1.27. The molecule has 27 heavy (non-hydrogen) atoms. The first-order valence-corrected chi connectivity index (χ1v) is 10.2. The molecule has 0 bridgehead atoms. The molecule has 3 rings (SSSR count). The molecule has 0 aromatic heterocycles. The van der Waals surface area contributed by atoms with E-state index in [1.54, 1.807) is 36.4 Å². The summed E-state index contributed by atoms with van der Waals surface area (Å²) in [5.74, 6) is -0.0841. The molecule has 1 heterocycles. The topological polar surface area (TPSA) is 66.8 Å². The number of carbonyl (C=O) groups excluding carboxylic acids is 2. The Morgan fingerprint density at radius 1 is 1.26 bits per heavy atom. The minimum Gasteiger partial charge on any atom is -0.504 e. The summed E-state index contributed by atoms with van der Waals surface area (Å²) in [5, 5.41) is 10.4. The van der Waals surface area contributed by atoms with Crippen LogP contribution in [-0.4, -0.2) is 28.3 Å². The van der Waals surface area contributed by atoms with Crippen LogP contribution in [0.2, 0.25) is 10.0 Å². The molecule has 1 fully saturated rings. The van der Waals surface area contributed by atoms with E-state index in [0.29, 0.717) is 30.5 Å². The molecule has 0 unspecified atom stereocenters. The van der Waals surface area contributed by atoms with Gasteiger partial charge in [-0.3, -0.25) is 14.5 Å². The van der Waals surface area contributed by atoms with Crippen LogP contribution in [0.25, 0.3) is 6.08 Å². The number of hydrogen-bond acceptors (Lipinski definition) is 5. The van der Waals surface area contributed by atoms with Crippen LogP contribution in [0.1, 0.15) is 11.1 Å². The average Bonchev–Trinajstić information content (AvgIpc) is 2.87. The Hall–Kier alpha value is -1.42. The number of methoxy groups -OCH3 is 1. The lowest BCUT2D eigenvalue weighted by molar-refractivity contribution is -0.123. The molecule has 0 atom stereocenters. The predicted molar refractivity (Wildman–Crippen MR) is 115 cm³/mol. The van der Waals surface area contributed by atoms with Crippen molar-refractivity contribution in [1.29, 1.82) is 0 Å². The predicted octanol–water partition coefficient (Wildman–Crippen LogP) is 5.55. The van der Waals surface area contributed by atoms with Gasteiger partial charge in [0.2, 0.25) is 0 Å². The molecule has 5 nitrogen and oxygen atoms in total. The highest BCUT2D eigenvalue weighted by Gasteiger charge is 2.35. The maximum absolute atomic E-state index is 12.7. The smallest absolute Gasteiger partial charge is 0.293 e. The van der Waals surface area contributed by atoms with Gasteiger partial charge in [-0.2, -0.15) is 0 Å². The second kappa shape index (κ2) is 8.30. The van der Waals surface area contributed by atoms with Crippen molar-refractivity contribution in [3.8, 4) is 11.5 Å². The van der Waals surface area contributed by atoms with Gasteiger partial charge in [0.15, 0.2) is 11.5 Å². The van der Waals surface area contributed by atoms with Crippen LogP contribution in [0.15, 0.2) is 35.2 Å². The van der Waals surface area contributed by atoms with E-state index in [0.717, 1.165) is 16.7 Å². The first-order chi connectivity index (χ1) is 12.8. The summed E-state index contributed by atoms with van der Waals surface area (Å²) >= 11 is 14.8. The molecule has 1 saturated heterocycles. The molecule has 2 amide bonds. The molecular formula is C18H12Cl2INO4S. The number of benzene rings is 2. The first kappa shape index (κ1) is 20.3. The maximum atomic E-state index is 12.7. The van der Waals surface area contributed by atoms with Gasteiger partial charge < -0.3 is 9.84 Å². The van der Waals surface area contributed by atoms with E-state index >= 15 is 0 Å². The van der Waals surface area contributed by atoms with E-state index in [1.807, 2.05) is 22.6 Å². The van der Waals surface area contributed by atoms with Gasteiger partial charge in [0, 0.05) is 10.0 Å². The summed E-state index contributed by atoms with van der Waals surface area (Å²) < 4.78 is 5.70. The lowest BCUT2D eigenvalue weighted by atomic mass is 10.1. The molecule has 0 radical (unpaired) electrons. The first-order valence-electron chi connectivity index (χ1n) is 7.56. The summed E-state index contributed by atoms with van der Waals surface area (Å²) in [6, 6.07) is 8.20. The van der Waals surface area contributed by atoms with Crippen molar-refractivity contribution in [2.45, 2.75) is 6.54 Å². The number of thioether (sulfide) groups is 1. The van der Waals surface area contributed by atoms with Crippen LogP contribution >= 0.6 is 57.6 Å². The van der Waals surface area contributed by atoms with Crippen LogP contribution in [-0.2, 0) is 11.3 Å². The van der Waals surface area contributed by atoms with Crippen LogP contribution in [0.5, 0.6) is 11.5 Å². The normalized spacial score (nSPS) is 15.7. The number of hydrogen-bond donors (Lipinski definition) is 1. The lowest BCUT2D eigenvalue weighted by Crippen LogP contribution is -2.27. The number of phenolic OH excluding ortho intramolecular Hbond substituents is 1. The molecule has 2 aromatic rings. The van der Waals surface area contributed by atoms with Crippen molar-refractivity contribution < 1.29 is 19.4 Å². The Bertz CT molecular complexity index is 980. The average molecular weight is 536 g/mol. The van der Waals surface area contributed by atoms with E-state index < -0.39 is 5.91 Å². The number of imide groups is 1. The van der Waals surface area contributed by atoms with Crippen LogP contribution in [0.4, 0.5) is 4.79 Å². The number of carbonyl (C=O) groups is 2. The van der Waals surface area contributed by atoms with Crippen molar-refractivity contribution >= 4 is 74.8 Å². The number of rotatable bonds is 4. The Balaban J connectivity index is 1.87. The fourth-order valence-corrected chi connectivity index (χ4v) is 4.37. The van der Waals surface area contributed by atoms with Gasteiger partial charge in [0.05, 0.1) is 22.1 Å².